The van der Waals surface area contributed by atoms with Crippen molar-refractivity contribution >= 4 is 0 Å². The molecule has 0 radical (unpaired) electrons. The molecule has 0 aliphatic carbocycles. The molecule has 1 fully saturated rings. The zero-order valence-electron chi connectivity index (χ0n) is 11.1. The summed E-state index contributed by atoms with van der Waals surface area (Å²) in [4.78, 5) is 0. The minimum absolute atomic E-state index is 0.365. The smallest absolute Gasteiger partial charge is 0.0900 e. The van der Waals surface area contributed by atoms with Gasteiger partial charge in [-0.1, -0.05) is 23.8 Å². The molecule has 94 valence electrons. The molecule has 1 heterocycles. The molecule has 17 heavy (non-hydrogen) atoms. The summed E-state index contributed by atoms with van der Waals surface area (Å²) in [5.41, 5.74) is 2.82. The van der Waals surface area contributed by atoms with Crippen molar-refractivity contribution in [3.8, 4) is 0 Å². The van der Waals surface area contributed by atoms with Gasteiger partial charge in [-0.3, -0.25) is 0 Å². The molecule has 0 spiro atoms. The molecular weight excluding hydrogens is 210 g/mol. The van der Waals surface area contributed by atoms with Crippen LogP contribution in [0.25, 0.3) is 0 Å². The van der Waals surface area contributed by atoms with Crippen LogP contribution in [-0.2, 0) is 5.60 Å². The third-order valence-electron chi connectivity index (χ3n) is 4.07. The maximum atomic E-state index is 10.9. The Hall–Kier alpha value is -0.860. The molecule has 1 unspecified atom stereocenters. The van der Waals surface area contributed by atoms with Gasteiger partial charge in [0.15, 0.2) is 0 Å². The third kappa shape index (κ3) is 2.53. The van der Waals surface area contributed by atoms with Crippen molar-refractivity contribution in [2.24, 2.45) is 5.92 Å². The van der Waals surface area contributed by atoms with Crippen LogP contribution in [0.3, 0.4) is 0 Å². The highest BCUT2D eigenvalue weighted by atomic mass is 16.3. The molecule has 2 N–H and O–H groups in total. The Bertz CT molecular complexity index is 392. The van der Waals surface area contributed by atoms with Crippen LogP contribution in [0.15, 0.2) is 18.2 Å². The van der Waals surface area contributed by atoms with Gasteiger partial charge in [0.25, 0.3) is 0 Å². The summed E-state index contributed by atoms with van der Waals surface area (Å²) in [5, 5.41) is 14.2. The Kier molecular flexibility index (Phi) is 3.55. The van der Waals surface area contributed by atoms with Crippen molar-refractivity contribution in [2.75, 3.05) is 13.1 Å². The van der Waals surface area contributed by atoms with E-state index in [0.717, 1.165) is 31.5 Å². The SMILES string of the molecule is Cc1ccc(C)c(C(C)(O)C2CCNCC2)c1. The molecule has 1 aromatic carbocycles. The van der Waals surface area contributed by atoms with Crippen molar-refractivity contribution in [1.29, 1.82) is 0 Å². The Morgan fingerprint density at radius 3 is 2.53 bits per heavy atom. The number of rotatable bonds is 2. The maximum Gasteiger partial charge on any atom is 0.0900 e. The topological polar surface area (TPSA) is 32.3 Å². The first-order valence-corrected chi connectivity index (χ1v) is 6.52. The fourth-order valence-corrected chi connectivity index (χ4v) is 2.89. The number of hydrogen-bond donors (Lipinski definition) is 2. The average molecular weight is 233 g/mol. The molecule has 2 rings (SSSR count). The summed E-state index contributed by atoms with van der Waals surface area (Å²) < 4.78 is 0. The van der Waals surface area contributed by atoms with E-state index in [1.54, 1.807) is 0 Å². The number of aryl methyl sites for hydroxylation is 2. The van der Waals surface area contributed by atoms with E-state index in [9.17, 15) is 5.11 Å². The number of piperidine rings is 1. The maximum absolute atomic E-state index is 10.9. The van der Waals surface area contributed by atoms with Crippen molar-refractivity contribution in [3.05, 3.63) is 34.9 Å². The number of benzene rings is 1. The Balaban J connectivity index is 2.32. The van der Waals surface area contributed by atoms with E-state index in [2.05, 4.69) is 37.4 Å². The highest BCUT2D eigenvalue weighted by molar-refractivity contribution is 5.35. The van der Waals surface area contributed by atoms with Crippen LogP contribution < -0.4 is 5.32 Å². The molecule has 1 aliphatic rings. The number of nitrogens with one attached hydrogen (secondary N) is 1. The van der Waals surface area contributed by atoms with E-state index in [1.165, 1.54) is 11.1 Å². The fraction of sp³-hybridized carbons (Fsp3) is 0.600. The van der Waals surface area contributed by atoms with Crippen LogP contribution in [-0.4, -0.2) is 18.2 Å². The van der Waals surface area contributed by atoms with Crippen LogP contribution in [0.4, 0.5) is 0 Å². The lowest BCUT2D eigenvalue weighted by Gasteiger charge is -2.37. The fourth-order valence-electron chi connectivity index (χ4n) is 2.89. The van der Waals surface area contributed by atoms with Crippen LogP contribution in [0, 0.1) is 19.8 Å². The van der Waals surface area contributed by atoms with E-state index in [4.69, 9.17) is 0 Å². The van der Waals surface area contributed by atoms with E-state index in [0.29, 0.717) is 5.92 Å². The Morgan fingerprint density at radius 2 is 1.88 bits per heavy atom. The highest BCUT2D eigenvalue weighted by Gasteiger charge is 2.35. The molecule has 0 saturated carbocycles. The lowest BCUT2D eigenvalue weighted by molar-refractivity contribution is -0.0192. The van der Waals surface area contributed by atoms with Gasteiger partial charge in [0.2, 0.25) is 0 Å². The molecule has 0 amide bonds. The minimum Gasteiger partial charge on any atom is -0.385 e. The first kappa shape index (κ1) is 12.6. The van der Waals surface area contributed by atoms with E-state index in [-0.39, 0.29) is 0 Å². The monoisotopic (exact) mass is 233 g/mol. The predicted octanol–water partition coefficient (Wildman–Crippen LogP) is 2.51. The van der Waals surface area contributed by atoms with Crippen LogP contribution in [0.2, 0.25) is 0 Å². The van der Waals surface area contributed by atoms with Gasteiger partial charge in [0, 0.05) is 0 Å². The molecular formula is C15H23NO. The molecule has 1 saturated heterocycles. The first-order chi connectivity index (χ1) is 8.01. The van der Waals surface area contributed by atoms with Gasteiger partial charge in [-0.25, -0.2) is 0 Å². The largest absolute Gasteiger partial charge is 0.385 e. The van der Waals surface area contributed by atoms with Crippen molar-refractivity contribution in [2.45, 2.75) is 39.2 Å². The van der Waals surface area contributed by atoms with Crippen molar-refractivity contribution < 1.29 is 5.11 Å². The Morgan fingerprint density at radius 1 is 1.24 bits per heavy atom. The highest BCUT2D eigenvalue weighted by Crippen LogP contribution is 2.36. The molecule has 0 bridgehead atoms. The summed E-state index contributed by atoms with van der Waals surface area (Å²) in [7, 11) is 0. The van der Waals surface area contributed by atoms with Gasteiger partial charge in [-0.05, 0) is 63.7 Å². The van der Waals surface area contributed by atoms with Crippen molar-refractivity contribution in [1.82, 2.24) is 5.32 Å². The van der Waals surface area contributed by atoms with Crippen LogP contribution >= 0.6 is 0 Å². The summed E-state index contributed by atoms with van der Waals surface area (Å²) >= 11 is 0. The molecule has 1 aromatic rings. The zero-order valence-corrected chi connectivity index (χ0v) is 11.1. The van der Waals surface area contributed by atoms with Gasteiger partial charge in [0.05, 0.1) is 5.60 Å². The second kappa shape index (κ2) is 4.79. The average Bonchev–Trinajstić information content (AvgIpc) is 2.33. The molecule has 1 atom stereocenters. The van der Waals surface area contributed by atoms with E-state index >= 15 is 0 Å². The lowest BCUT2D eigenvalue weighted by atomic mass is 9.76. The molecule has 2 heteroatoms. The normalized spacial score (nSPS) is 21.2. The minimum atomic E-state index is -0.696. The van der Waals surface area contributed by atoms with Crippen LogP contribution in [0.1, 0.15) is 36.5 Å². The molecule has 1 aliphatic heterocycles. The van der Waals surface area contributed by atoms with E-state index in [1.807, 2.05) is 6.92 Å². The quantitative estimate of drug-likeness (QED) is 0.822. The third-order valence-corrected chi connectivity index (χ3v) is 4.07. The Labute approximate surface area is 104 Å². The first-order valence-electron chi connectivity index (χ1n) is 6.52. The van der Waals surface area contributed by atoms with Crippen LogP contribution in [0.5, 0.6) is 0 Å². The van der Waals surface area contributed by atoms with Gasteiger partial charge in [-0.15, -0.1) is 0 Å². The predicted molar refractivity (Wildman–Crippen MR) is 71.1 cm³/mol. The number of hydrogen-bond acceptors (Lipinski definition) is 2. The second-order valence-electron chi connectivity index (χ2n) is 5.49. The van der Waals surface area contributed by atoms with Crippen molar-refractivity contribution in [3.63, 3.8) is 0 Å². The lowest BCUT2D eigenvalue weighted by Crippen LogP contribution is -2.40. The summed E-state index contributed by atoms with van der Waals surface area (Å²) in [6.45, 7) is 8.19. The molecule has 2 nitrogen and oxygen atoms in total. The van der Waals surface area contributed by atoms with Gasteiger partial charge < -0.3 is 10.4 Å². The summed E-state index contributed by atoms with van der Waals surface area (Å²) in [6.07, 6.45) is 2.11. The van der Waals surface area contributed by atoms with Gasteiger partial charge in [0.1, 0.15) is 0 Å². The summed E-state index contributed by atoms with van der Waals surface area (Å²) in [6, 6.07) is 6.36. The van der Waals surface area contributed by atoms with Gasteiger partial charge >= 0.3 is 0 Å². The molecule has 0 aromatic heterocycles. The zero-order chi connectivity index (χ0) is 12.5. The van der Waals surface area contributed by atoms with E-state index < -0.39 is 5.60 Å². The second-order valence-corrected chi connectivity index (χ2v) is 5.49. The number of aliphatic hydroxyl groups is 1. The standard InChI is InChI=1S/C15H23NO/c1-11-4-5-12(2)14(10-11)15(3,17)13-6-8-16-9-7-13/h4-5,10,13,16-17H,6-9H2,1-3H3. The summed E-state index contributed by atoms with van der Waals surface area (Å²) in [5.74, 6) is 0.365. The van der Waals surface area contributed by atoms with Gasteiger partial charge in [-0.2, -0.15) is 0 Å².